The molecule has 9 heteroatoms. The Morgan fingerprint density at radius 3 is 2.45 bits per heavy atom. The molecule has 3 rings (SSSR count). The minimum Gasteiger partial charge on any atom is -0.494 e. The standard InChI is InChI=1S/C24H31N3O5S/c1-5-26(6-2)33(30,31)20-12-13-21-19(14-20)15-22(27(21)17(4)28)24(29)25-16-18-10-8-9-11-23(18)32-7-3/h8-14,22H,5-7,15-16H2,1-4H3,(H,25,29). The Morgan fingerprint density at radius 1 is 1.12 bits per heavy atom. The largest absolute Gasteiger partial charge is 0.494 e. The van der Waals surface area contributed by atoms with Crippen LogP contribution < -0.4 is 15.0 Å². The maximum atomic E-state index is 13.1. The Bertz CT molecular complexity index is 1130. The first kappa shape index (κ1) is 24.7. The van der Waals surface area contributed by atoms with Gasteiger partial charge < -0.3 is 10.1 Å². The zero-order valence-electron chi connectivity index (χ0n) is 19.5. The third-order valence-electron chi connectivity index (χ3n) is 5.75. The molecule has 2 amide bonds. The monoisotopic (exact) mass is 473 g/mol. The second-order valence-corrected chi connectivity index (χ2v) is 9.69. The summed E-state index contributed by atoms with van der Waals surface area (Å²) in [5.74, 6) is 0.119. The van der Waals surface area contributed by atoms with Crippen molar-refractivity contribution in [1.29, 1.82) is 0 Å². The number of carbonyl (C=O) groups is 2. The highest BCUT2D eigenvalue weighted by molar-refractivity contribution is 7.89. The molecule has 1 N–H and O–H groups in total. The average Bonchev–Trinajstić information content (AvgIpc) is 3.18. The molecule has 1 unspecified atom stereocenters. The van der Waals surface area contributed by atoms with Crippen LogP contribution in [0.3, 0.4) is 0 Å². The van der Waals surface area contributed by atoms with Crippen LogP contribution in [0.25, 0.3) is 0 Å². The fraction of sp³-hybridized carbons (Fsp3) is 0.417. The minimum atomic E-state index is -3.64. The Labute approximate surface area is 195 Å². The lowest BCUT2D eigenvalue weighted by molar-refractivity contribution is -0.125. The second-order valence-electron chi connectivity index (χ2n) is 7.75. The first-order valence-corrected chi connectivity index (χ1v) is 12.6. The molecule has 0 aromatic heterocycles. The zero-order chi connectivity index (χ0) is 24.2. The van der Waals surface area contributed by atoms with Crippen molar-refractivity contribution in [3.63, 3.8) is 0 Å². The topological polar surface area (TPSA) is 96.0 Å². The fourth-order valence-corrected chi connectivity index (χ4v) is 5.66. The molecule has 178 valence electrons. The van der Waals surface area contributed by atoms with Crippen LogP contribution in [0, 0.1) is 0 Å². The molecule has 1 aliphatic heterocycles. The highest BCUT2D eigenvalue weighted by Gasteiger charge is 2.38. The normalized spacial score (nSPS) is 15.4. The lowest BCUT2D eigenvalue weighted by Gasteiger charge is -2.24. The van der Waals surface area contributed by atoms with Crippen LogP contribution in [0.1, 0.15) is 38.8 Å². The lowest BCUT2D eigenvalue weighted by Crippen LogP contribution is -2.47. The van der Waals surface area contributed by atoms with E-state index in [0.717, 1.165) is 5.56 Å². The SMILES string of the molecule is CCOc1ccccc1CNC(=O)C1Cc2cc(S(=O)(=O)N(CC)CC)ccc2N1C(C)=O. The summed E-state index contributed by atoms with van der Waals surface area (Å²) in [6, 6.07) is 11.4. The van der Waals surface area contributed by atoms with Gasteiger partial charge in [-0.3, -0.25) is 14.5 Å². The fourth-order valence-electron chi connectivity index (χ4n) is 4.15. The molecule has 1 atom stereocenters. The molecule has 0 saturated heterocycles. The summed E-state index contributed by atoms with van der Waals surface area (Å²) in [5, 5.41) is 2.90. The number of hydrogen-bond acceptors (Lipinski definition) is 5. The van der Waals surface area contributed by atoms with Gasteiger partial charge >= 0.3 is 0 Å². The van der Waals surface area contributed by atoms with E-state index in [1.165, 1.54) is 22.2 Å². The van der Waals surface area contributed by atoms with E-state index >= 15 is 0 Å². The Morgan fingerprint density at radius 2 is 1.82 bits per heavy atom. The maximum Gasteiger partial charge on any atom is 0.243 e. The van der Waals surface area contributed by atoms with Gasteiger partial charge in [0.05, 0.1) is 11.5 Å². The van der Waals surface area contributed by atoms with E-state index in [0.29, 0.717) is 36.7 Å². The molecule has 0 radical (unpaired) electrons. The van der Waals surface area contributed by atoms with E-state index in [9.17, 15) is 18.0 Å². The molecule has 0 spiro atoms. The molecule has 33 heavy (non-hydrogen) atoms. The smallest absolute Gasteiger partial charge is 0.243 e. The highest BCUT2D eigenvalue weighted by atomic mass is 32.2. The summed E-state index contributed by atoms with van der Waals surface area (Å²) in [6.45, 7) is 8.37. The van der Waals surface area contributed by atoms with E-state index < -0.39 is 16.1 Å². The highest BCUT2D eigenvalue weighted by Crippen LogP contribution is 2.35. The number of hydrogen-bond donors (Lipinski definition) is 1. The van der Waals surface area contributed by atoms with Crippen LogP contribution in [-0.4, -0.2) is 50.3 Å². The first-order chi connectivity index (χ1) is 15.7. The number of carbonyl (C=O) groups excluding carboxylic acids is 2. The molecular weight excluding hydrogens is 442 g/mol. The number of fused-ring (bicyclic) bond motifs is 1. The number of nitrogens with zero attached hydrogens (tertiary/aromatic N) is 2. The van der Waals surface area contributed by atoms with Gasteiger partial charge in [-0.05, 0) is 36.8 Å². The van der Waals surface area contributed by atoms with E-state index in [-0.39, 0.29) is 29.7 Å². The summed E-state index contributed by atoms with van der Waals surface area (Å²) in [4.78, 5) is 27.1. The minimum absolute atomic E-state index is 0.167. The van der Waals surface area contributed by atoms with E-state index in [4.69, 9.17) is 4.74 Å². The van der Waals surface area contributed by atoms with Crippen LogP contribution in [0.4, 0.5) is 5.69 Å². The number of benzene rings is 2. The number of ether oxygens (including phenoxy) is 1. The van der Waals surface area contributed by atoms with Gasteiger partial charge in [-0.1, -0.05) is 32.0 Å². The summed E-state index contributed by atoms with van der Waals surface area (Å²) >= 11 is 0. The Kier molecular flexibility index (Phi) is 7.76. The predicted octanol–water partition coefficient (Wildman–Crippen LogP) is 2.71. The summed E-state index contributed by atoms with van der Waals surface area (Å²) < 4.78 is 32.8. The number of rotatable bonds is 9. The van der Waals surface area contributed by atoms with Crippen LogP contribution in [0.2, 0.25) is 0 Å². The van der Waals surface area contributed by atoms with Crippen molar-refractivity contribution in [2.75, 3.05) is 24.6 Å². The predicted molar refractivity (Wildman–Crippen MR) is 127 cm³/mol. The van der Waals surface area contributed by atoms with Crippen molar-refractivity contribution in [2.45, 2.75) is 51.6 Å². The Balaban J connectivity index is 1.83. The van der Waals surface area contributed by atoms with Crippen molar-refractivity contribution in [3.05, 3.63) is 53.6 Å². The summed E-state index contributed by atoms with van der Waals surface area (Å²) in [7, 11) is -3.64. The molecule has 1 aliphatic rings. The number of sulfonamides is 1. The zero-order valence-corrected chi connectivity index (χ0v) is 20.3. The van der Waals surface area contributed by atoms with Gasteiger partial charge in [0.1, 0.15) is 11.8 Å². The van der Waals surface area contributed by atoms with Gasteiger partial charge in [-0.25, -0.2) is 8.42 Å². The number of nitrogens with one attached hydrogen (secondary N) is 1. The number of para-hydroxylation sites is 1. The van der Waals surface area contributed by atoms with Crippen LogP contribution in [0.5, 0.6) is 5.75 Å². The van der Waals surface area contributed by atoms with Crippen LogP contribution >= 0.6 is 0 Å². The maximum absolute atomic E-state index is 13.1. The molecule has 8 nitrogen and oxygen atoms in total. The quantitative estimate of drug-likeness (QED) is 0.604. The van der Waals surface area contributed by atoms with Crippen molar-refractivity contribution in [2.24, 2.45) is 0 Å². The Hall–Kier alpha value is -2.91. The molecule has 1 heterocycles. The molecule has 0 fully saturated rings. The molecule has 0 saturated carbocycles. The van der Waals surface area contributed by atoms with E-state index in [2.05, 4.69) is 5.32 Å². The number of amides is 2. The van der Waals surface area contributed by atoms with Crippen LogP contribution in [-0.2, 0) is 32.6 Å². The van der Waals surface area contributed by atoms with Gasteiger partial charge in [0, 0.05) is 44.2 Å². The molecule has 2 aromatic carbocycles. The van der Waals surface area contributed by atoms with Gasteiger partial charge in [-0.2, -0.15) is 4.31 Å². The van der Waals surface area contributed by atoms with Crippen LogP contribution in [0.15, 0.2) is 47.4 Å². The van der Waals surface area contributed by atoms with Gasteiger partial charge in [-0.15, -0.1) is 0 Å². The van der Waals surface area contributed by atoms with Crippen molar-refractivity contribution in [1.82, 2.24) is 9.62 Å². The summed E-state index contributed by atoms with van der Waals surface area (Å²) in [5.41, 5.74) is 2.06. The van der Waals surface area contributed by atoms with Gasteiger partial charge in [0.25, 0.3) is 0 Å². The second kappa shape index (κ2) is 10.4. The lowest BCUT2D eigenvalue weighted by atomic mass is 10.1. The number of anilines is 1. The van der Waals surface area contributed by atoms with Crippen molar-refractivity contribution < 1.29 is 22.7 Å². The third-order valence-corrected chi connectivity index (χ3v) is 7.79. The van der Waals surface area contributed by atoms with E-state index in [1.54, 1.807) is 26.0 Å². The first-order valence-electron chi connectivity index (χ1n) is 11.2. The molecular formula is C24H31N3O5S. The molecule has 2 aromatic rings. The molecule has 0 bridgehead atoms. The van der Waals surface area contributed by atoms with Crippen molar-refractivity contribution in [3.8, 4) is 5.75 Å². The average molecular weight is 474 g/mol. The molecule has 0 aliphatic carbocycles. The van der Waals surface area contributed by atoms with Crippen molar-refractivity contribution >= 4 is 27.5 Å². The van der Waals surface area contributed by atoms with E-state index in [1.807, 2.05) is 31.2 Å². The van der Waals surface area contributed by atoms with Gasteiger partial charge in [0.15, 0.2) is 0 Å². The summed E-state index contributed by atoms with van der Waals surface area (Å²) in [6.07, 6.45) is 0.245. The third kappa shape index (κ3) is 5.04. The van der Waals surface area contributed by atoms with Gasteiger partial charge in [0.2, 0.25) is 21.8 Å².